The molecule has 1 aliphatic heterocycles. The largest absolute Gasteiger partial charge is 1.00 e. The minimum absolute atomic E-state index is 0. The molecule has 5 heteroatoms. The van der Waals surface area contributed by atoms with Gasteiger partial charge in [-0.3, -0.25) is 10.1 Å². The van der Waals surface area contributed by atoms with E-state index < -0.39 is 11.6 Å². The number of rotatable bonds is 2. The average Bonchev–Trinajstić information content (AvgIpc) is 2.76. The number of benzene rings is 2. The van der Waals surface area contributed by atoms with Crippen LogP contribution in [0, 0.1) is 0 Å². The molecule has 2 N–H and O–H groups in total. The molecule has 0 spiro atoms. The SMILES string of the molecule is O=C1NC(=O)C(c2ccccc2)(c2ccccc2)N1.[H-].[K+]. The molecule has 4 nitrogen and oxygen atoms in total. The summed E-state index contributed by atoms with van der Waals surface area (Å²) in [6, 6.07) is 18.0. The summed E-state index contributed by atoms with van der Waals surface area (Å²) in [5.74, 6) is -0.352. The minimum atomic E-state index is -1.14. The molecule has 1 fully saturated rings. The first-order valence-corrected chi connectivity index (χ1v) is 5.98. The fourth-order valence-electron chi connectivity index (χ4n) is 2.40. The first-order chi connectivity index (χ1) is 9.23. The quantitative estimate of drug-likeness (QED) is 0.544. The maximum Gasteiger partial charge on any atom is 1.00 e. The zero-order valence-electron chi connectivity index (χ0n) is 12.1. The van der Waals surface area contributed by atoms with Gasteiger partial charge in [-0.1, -0.05) is 60.7 Å². The number of hydrogen-bond acceptors (Lipinski definition) is 2. The third-order valence-electron chi connectivity index (χ3n) is 3.28. The Kier molecular flexibility index (Phi) is 4.77. The molecule has 1 heterocycles. The van der Waals surface area contributed by atoms with Gasteiger partial charge in [-0.25, -0.2) is 4.79 Å². The molecule has 1 aliphatic rings. The van der Waals surface area contributed by atoms with Crippen molar-refractivity contribution in [2.75, 3.05) is 0 Å². The second kappa shape index (κ2) is 6.20. The van der Waals surface area contributed by atoms with Crippen molar-refractivity contribution in [3.8, 4) is 0 Å². The number of hydrogen-bond donors (Lipinski definition) is 2. The number of urea groups is 1. The number of nitrogens with one attached hydrogen (secondary N) is 2. The molecule has 0 saturated carbocycles. The van der Waals surface area contributed by atoms with Crippen molar-refractivity contribution in [2.24, 2.45) is 0 Å². The van der Waals surface area contributed by atoms with Crippen molar-refractivity contribution in [2.45, 2.75) is 5.54 Å². The third kappa shape index (κ3) is 2.47. The van der Waals surface area contributed by atoms with Gasteiger partial charge in [-0.15, -0.1) is 0 Å². The fourth-order valence-corrected chi connectivity index (χ4v) is 2.40. The van der Waals surface area contributed by atoms with E-state index in [2.05, 4.69) is 10.6 Å². The molecular weight excluding hydrogens is 279 g/mol. The predicted molar refractivity (Wildman–Crippen MR) is 71.5 cm³/mol. The molecule has 3 amide bonds. The third-order valence-corrected chi connectivity index (χ3v) is 3.28. The Hall–Kier alpha value is -0.984. The standard InChI is InChI=1S/C15H12N2O2.K.H/c18-13-15(17-14(19)16-13,11-7-3-1-4-8-11)12-9-5-2-6-10-12;;/h1-10H,(H2,16,17,18,19);;/q;+1;-1. The van der Waals surface area contributed by atoms with E-state index in [4.69, 9.17) is 0 Å². The van der Waals surface area contributed by atoms with E-state index in [0.717, 1.165) is 11.1 Å². The van der Waals surface area contributed by atoms with E-state index >= 15 is 0 Å². The Labute approximate surface area is 160 Å². The number of carbonyl (C=O) groups excluding carboxylic acids is 2. The maximum absolute atomic E-state index is 12.3. The van der Waals surface area contributed by atoms with Gasteiger partial charge in [-0.05, 0) is 11.1 Å². The van der Waals surface area contributed by atoms with Crippen LogP contribution in [0.3, 0.4) is 0 Å². The van der Waals surface area contributed by atoms with Crippen molar-refractivity contribution in [1.29, 1.82) is 0 Å². The summed E-state index contributed by atoms with van der Waals surface area (Å²) in [5.41, 5.74) is 0.341. The van der Waals surface area contributed by atoms with Gasteiger partial charge in [0, 0.05) is 0 Å². The van der Waals surface area contributed by atoms with Crippen LogP contribution in [0.5, 0.6) is 0 Å². The fraction of sp³-hybridized carbons (Fsp3) is 0.0667. The molecule has 0 aromatic heterocycles. The molecule has 20 heavy (non-hydrogen) atoms. The number of amides is 3. The normalized spacial score (nSPS) is 16.0. The van der Waals surface area contributed by atoms with Crippen molar-refractivity contribution in [3.05, 3.63) is 71.8 Å². The summed E-state index contributed by atoms with van der Waals surface area (Å²) in [6.07, 6.45) is 0. The van der Waals surface area contributed by atoms with Crippen molar-refractivity contribution in [3.63, 3.8) is 0 Å². The Bertz CT molecular complexity index is 595. The summed E-state index contributed by atoms with van der Waals surface area (Å²) in [5, 5.41) is 5.07. The molecule has 0 aliphatic carbocycles. The molecule has 96 valence electrons. The number of imide groups is 1. The summed E-state index contributed by atoms with van der Waals surface area (Å²) < 4.78 is 0. The van der Waals surface area contributed by atoms with Gasteiger partial charge in [0.15, 0.2) is 5.54 Å². The molecule has 1 saturated heterocycles. The van der Waals surface area contributed by atoms with Crippen LogP contribution in [0.15, 0.2) is 60.7 Å². The average molecular weight is 292 g/mol. The van der Waals surface area contributed by atoms with Crippen molar-refractivity contribution < 1.29 is 62.4 Å². The van der Waals surface area contributed by atoms with Crippen molar-refractivity contribution in [1.82, 2.24) is 10.6 Å². The summed E-state index contributed by atoms with van der Waals surface area (Å²) in [7, 11) is 0. The van der Waals surface area contributed by atoms with Crippen LogP contribution in [-0.2, 0) is 10.3 Å². The predicted octanol–water partition coefficient (Wildman–Crippen LogP) is -1.11. The van der Waals surface area contributed by atoms with Crippen molar-refractivity contribution >= 4 is 11.9 Å². The van der Waals surface area contributed by atoms with Crippen LogP contribution in [0.4, 0.5) is 4.79 Å². The molecule has 0 atom stereocenters. The van der Waals surface area contributed by atoms with E-state index in [1.807, 2.05) is 60.7 Å². The van der Waals surface area contributed by atoms with Gasteiger partial charge in [0.25, 0.3) is 5.91 Å². The van der Waals surface area contributed by atoms with Gasteiger partial charge >= 0.3 is 57.4 Å². The second-order valence-electron chi connectivity index (χ2n) is 4.39. The van der Waals surface area contributed by atoms with Crippen LogP contribution >= 0.6 is 0 Å². The molecule has 0 bridgehead atoms. The van der Waals surface area contributed by atoms with Gasteiger partial charge in [0.05, 0.1) is 0 Å². The molecular formula is C15H13KN2O2. The summed E-state index contributed by atoms with van der Waals surface area (Å²) >= 11 is 0. The molecule has 0 radical (unpaired) electrons. The topological polar surface area (TPSA) is 58.2 Å². The van der Waals surface area contributed by atoms with Gasteiger partial charge in [0.1, 0.15) is 0 Å². The van der Waals surface area contributed by atoms with E-state index in [1.165, 1.54) is 0 Å². The van der Waals surface area contributed by atoms with Crippen LogP contribution < -0.4 is 62.0 Å². The second-order valence-corrected chi connectivity index (χ2v) is 4.39. The van der Waals surface area contributed by atoms with E-state index in [-0.39, 0.29) is 58.7 Å². The maximum atomic E-state index is 12.3. The van der Waals surface area contributed by atoms with Crippen LogP contribution in [0.25, 0.3) is 0 Å². The van der Waals surface area contributed by atoms with Crippen LogP contribution in [0.2, 0.25) is 0 Å². The van der Waals surface area contributed by atoms with Crippen LogP contribution in [-0.4, -0.2) is 11.9 Å². The van der Waals surface area contributed by atoms with Gasteiger partial charge in [-0.2, -0.15) is 0 Å². The zero-order valence-corrected chi connectivity index (χ0v) is 14.2. The first-order valence-electron chi connectivity index (χ1n) is 5.98. The number of carbonyl (C=O) groups is 2. The zero-order chi connectivity index (χ0) is 13.3. The summed E-state index contributed by atoms with van der Waals surface area (Å²) in [4.78, 5) is 23.9. The monoisotopic (exact) mass is 292 g/mol. The molecule has 0 unspecified atom stereocenters. The first kappa shape index (κ1) is 15.4. The Morgan fingerprint density at radius 2 is 1.25 bits per heavy atom. The van der Waals surface area contributed by atoms with E-state index in [0.29, 0.717) is 0 Å². The van der Waals surface area contributed by atoms with Crippen LogP contribution in [0.1, 0.15) is 12.6 Å². The Morgan fingerprint density at radius 1 is 0.800 bits per heavy atom. The smallest absolute Gasteiger partial charge is 1.00 e. The molecule has 3 rings (SSSR count). The Morgan fingerprint density at radius 3 is 1.60 bits per heavy atom. The molecule has 2 aromatic rings. The minimum Gasteiger partial charge on any atom is -1.00 e. The molecule has 2 aromatic carbocycles. The Balaban J connectivity index is 0.00000110. The van der Waals surface area contributed by atoms with Gasteiger partial charge in [0.2, 0.25) is 0 Å². The van der Waals surface area contributed by atoms with Gasteiger partial charge < -0.3 is 6.74 Å². The summed E-state index contributed by atoms with van der Waals surface area (Å²) in [6.45, 7) is 0. The van der Waals surface area contributed by atoms with E-state index in [1.54, 1.807) is 0 Å². The van der Waals surface area contributed by atoms with E-state index in [9.17, 15) is 9.59 Å².